The average molecular weight is 278 g/mol. The molecule has 2 aromatic rings. The number of benzene rings is 2. The first-order valence-electron chi connectivity index (χ1n) is 5.98. The molecule has 0 heterocycles. The van der Waals surface area contributed by atoms with Crippen LogP contribution < -0.4 is 15.2 Å². The molecule has 0 unspecified atom stereocenters. The number of methoxy groups -OCH3 is 1. The summed E-state index contributed by atoms with van der Waals surface area (Å²) in [6.07, 6.45) is 0. The number of rotatable bonds is 4. The summed E-state index contributed by atoms with van der Waals surface area (Å²) in [5.74, 6) is 1.96. The Balaban J connectivity index is 2.43. The normalized spacial score (nSPS) is 12.0. The van der Waals surface area contributed by atoms with Gasteiger partial charge < -0.3 is 15.2 Å². The molecule has 100 valence electrons. The molecule has 0 fully saturated rings. The van der Waals surface area contributed by atoms with Gasteiger partial charge in [0, 0.05) is 6.04 Å². The molecule has 2 aromatic carbocycles. The van der Waals surface area contributed by atoms with E-state index >= 15 is 0 Å². The van der Waals surface area contributed by atoms with Crippen LogP contribution in [0.3, 0.4) is 0 Å². The van der Waals surface area contributed by atoms with Gasteiger partial charge in [0.1, 0.15) is 17.2 Å². The van der Waals surface area contributed by atoms with Crippen molar-refractivity contribution in [3.05, 3.63) is 53.1 Å². The first-order valence-corrected chi connectivity index (χ1v) is 6.36. The van der Waals surface area contributed by atoms with Gasteiger partial charge in [-0.25, -0.2) is 0 Å². The van der Waals surface area contributed by atoms with Crippen LogP contribution in [0.2, 0.25) is 5.02 Å². The van der Waals surface area contributed by atoms with Crippen molar-refractivity contribution >= 4 is 11.6 Å². The molecule has 0 amide bonds. The molecule has 0 spiro atoms. The Hall–Kier alpha value is -1.71. The summed E-state index contributed by atoms with van der Waals surface area (Å²) in [7, 11) is 1.61. The Kier molecular flexibility index (Phi) is 4.30. The highest BCUT2D eigenvalue weighted by atomic mass is 35.5. The lowest BCUT2D eigenvalue weighted by atomic mass is 10.1. The van der Waals surface area contributed by atoms with Gasteiger partial charge in [0.15, 0.2) is 0 Å². The van der Waals surface area contributed by atoms with E-state index in [4.69, 9.17) is 26.8 Å². The molecule has 2 rings (SSSR count). The number of para-hydroxylation sites is 1. The molecule has 3 nitrogen and oxygen atoms in total. The number of ether oxygens (including phenoxy) is 2. The lowest BCUT2D eigenvalue weighted by molar-refractivity contribution is 0.397. The Morgan fingerprint density at radius 3 is 2.26 bits per heavy atom. The van der Waals surface area contributed by atoms with Crippen LogP contribution in [0.5, 0.6) is 17.2 Å². The van der Waals surface area contributed by atoms with Gasteiger partial charge in [-0.3, -0.25) is 0 Å². The van der Waals surface area contributed by atoms with Gasteiger partial charge in [0.05, 0.1) is 17.7 Å². The second kappa shape index (κ2) is 5.95. The van der Waals surface area contributed by atoms with E-state index in [2.05, 4.69) is 0 Å². The van der Waals surface area contributed by atoms with Gasteiger partial charge >= 0.3 is 0 Å². The van der Waals surface area contributed by atoms with E-state index in [1.807, 2.05) is 43.3 Å². The first-order chi connectivity index (χ1) is 9.13. The van der Waals surface area contributed by atoms with Crippen LogP contribution in [0.15, 0.2) is 42.5 Å². The van der Waals surface area contributed by atoms with Crippen molar-refractivity contribution in [1.82, 2.24) is 0 Å². The SMILES string of the molecule is COc1cccc(Oc2ccccc2Cl)c1[C@H](C)N. The topological polar surface area (TPSA) is 44.5 Å². The highest BCUT2D eigenvalue weighted by Crippen LogP contribution is 2.37. The molecular weight excluding hydrogens is 262 g/mol. The average Bonchev–Trinajstić information content (AvgIpc) is 2.40. The Labute approximate surface area is 117 Å². The number of hydrogen-bond acceptors (Lipinski definition) is 3. The monoisotopic (exact) mass is 277 g/mol. The largest absolute Gasteiger partial charge is 0.496 e. The first kappa shape index (κ1) is 13.7. The number of halogens is 1. The lowest BCUT2D eigenvalue weighted by Crippen LogP contribution is -2.08. The molecule has 2 N–H and O–H groups in total. The summed E-state index contributed by atoms with van der Waals surface area (Å²) < 4.78 is 11.2. The van der Waals surface area contributed by atoms with E-state index in [9.17, 15) is 0 Å². The second-order valence-electron chi connectivity index (χ2n) is 4.19. The van der Waals surface area contributed by atoms with E-state index in [1.54, 1.807) is 13.2 Å². The Morgan fingerprint density at radius 1 is 1.00 bits per heavy atom. The van der Waals surface area contributed by atoms with Crippen molar-refractivity contribution in [3.8, 4) is 17.2 Å². The van der Waals surface area contributed by atoms with E-state index < -0.39 is 0 Å². The highest BCUT2D eigenvalue weighted by Gasteiger charge is 2.15. The summed E-state index contributed by atoms with van der Waals surface area (Å²) in [5.41, 5.74) is 6.81. The maximum absolute atomic E-state index is 6.09. The van der Waals surface area contributed by atoms with Crippen LogP contribution in [0.25, 0.3) is 0 Å². The van der Waals surface area contributed by atoms with Gasteiger partial charge in [-0.2, -0.15) is 0 Å². The van der Waals surface area contributed by atoms with Gasteiger partial charge in [0.2, 0.25) is 0 Å². The van der Waals surface area contributed by atoms with Crippen molar-refractivity contribution in [1.29, 1.82) is 0 Å². The van der Waals surface area contributed by atoms with Gasteiger partial charge in [-0.05, 0) is 31.2 Å². The molecule has 0 radical (unpaired) electrons. The molecule has 0 saturated heterocycles. The minimum absolute atomic E-state index is 0.200. The van der Waals surface area contributed by atoms with Crippen molar-refractivity contribution in [2.24, 2.45) is 5.73 Å². The zero-order chi connectivity index (χ0) is 13.8. The molecule has 0 aromatic heterocycles. The minimum Gasteiger partial charge on any atom is -0.496 e. The maximum Gasteiger partial charge on any atom is 0.146 e. The van der Waals surface area contributed by atoms with Crippen LogP contribution in [0.1, 0.15) is 18.5 Å². The van der Waals surface area contributed by atoms with E-state index in [0.717, 1.165) is 5.56 Å². The molecular formula is C15H16ClNO2. The standard InChI is InChI=1S/C15H16ClNO2/c1-10(17)15-13(18-2)8-5-9-14(15)19-12-7-4-3-6-11(12)16/h3-10H,17H2,1-2H3/t10-/m0/s1. The molecule has 4 heteroatoms. The van der Waals surface area contributed by atoms with Crippen molar-refractivity contribution < 1.29 is 9.47 Å². The molecule has 19 heavy (non-hydrogen) atoms. The third-order valence-corrected chi connectivity index (χ3v) is 3.07. The van der Waals surface area contributed by atoms with E-state index in [0.29, 0.717) is 22.3 Å². The van der Waals surface area contributed by atoms with Crippen LogP contribution in [-0.2, 0) is 0 Å². The second-order valence-corrected chi connectivity index (χ2v) is 4.60. The summed E-state index contributed by atoms with van der Waals surface area (Å²) in [5, 5.41) is 0.556. The molecule has 0 aliphatic rings. The van der Waals surface area contributed by atoms with Crippen LogP contribution >= 0.6 is 11.6 Å². The summed E-state index contributed by atoms with van der Waals surface area (Å²) >= 11 is 6.09. The maximum atomic E-state index is 6.09. The Bertz CT molecular complexity index is 570. The third kappa shape index (κ3) is 3.00. The predicted molar refractivity (Wildman–Crippen MR) is 77.1 cm³/mol. The fourth-order valence-electron chi connectivity index (χ4n) is 1.89. The van der Waals surface area contributed by atoms with Gasteiger partial charge in [-0.15, -0.1) is 0 Å². The smallest absolute Gasteiger partial charge is 0.146 e. The highest BCUT2D eigenvalue weighted by molar-refractivity contribution is 6.32. The number of hydrogen-bond donors (Lipinski definition) is 1. The van der Waals surface area contributed by atoms with Gasteiger partial charge in [-0.1, -0.05) is 29.8 Å². The number of nitrogens with two attached hydrogens (primary N) is 1. The van der Waals surface area contributed by atoms with Crippen LogP contribution in [-0.4, -0.2) is 7.11 Å². The quantitative estimate of drug-likeness (QED) is 0.912. The summed E-state index contributed by atoms with van der Waals surface area (Å²) in [6, 6.07) is 12.7. The minimum atomic E-state index is -0.200. The molecule has 1 atom stereocenters. The summed E-state index contributed by atoms with van der Waals surface area (Å²) in [6.45, 7) is 1.89. The molecule has 0 saturated carbocycles. The fourth-order valence-corrected chi connectivity index (χ4v) is 2.06. The third-order valence-electron chi connectivity index (χ3n) is 2.76. The van der Waals surface area contributed by atoms with Crippen molar-refractivity contribution in [3.63, 3.8) is 0 Å². The van der Waals surface area contributed by atoms with Crippen LogP contribution in [0, 0.1) is 0 Å². The van der Waals surface area contributed by atoms with Crippen molar-refractivity contribution in [2.45, 2.75) is 13.0 Å². The fraction of sp³-hybridized carbons (Fsp3) is 0.200. The predicted octanol–water partition coefficient (Wildman–Crippen LogP) is 4.16. The van der Waals surface area contributed by atoms with Gasteiger partial charge in [0.25, 0.3) is 0 Å². The zero-order valence-electron chi connectivity index (χ0n) is 10.9. The van der Waals surface area contributed by atoms with E-state index in [-0.39, 0.29) is 6.04 Å². The summed E-state index contributed by atoms with van der Waals surface area (Å²) in [4.78, 5) is 0. The molecule has 0 aliphatic heterocycles. The van der Waals surface area contributed by atoms with Crippen molar-refractivity contribution in [2.75, 3.05) is 7.11 Å². The zero-order valence-corrected chi connectivity index (χ0v) is 11.6. The Morgan fingerprint density at radius 2 is 1.63 bits per heavy atom. The van der Waals surface area contributed by atoms with Crippen LogP contribution in [0.4, 0.5) is 0 Å². The van der Waals surface area contributed by atoms with E-state index in [1.165, 1.54) is 0 Å². The molecule has 0 bridgehead atoms. The lowest BCUT2D eigenvalue weighted by Gasteiger charge is -2.17. The molecule has 0 aliphatic carbocycles.